The highest BCUT2D eigenvalue weighted by atomic mass is 16.2. The number of rotatable bonds is 6. The molecule has 5 rings (SSSR count). The Hall–Kier alpha value is -2.34. The Labute approximate surface area is 210 Å². The number of nitrogens with one attached hydrogen (secondary N) is 1. The molecule has 0 spiro atoms. The first-order valence-electron chi connectivity index (χ1n) is 13.8. The standard InChI is InChI=1S/C29H43N5O/c1-21-13-14-24(28(35)30-21)26-23-11-8-12-25(27(23)32(4)31-26)33-17-19-34(20-18-33)29(2,3)16-15-22-9-6-5-7-10-22/h8,11-12,22,24H,1,5-7,9-10,13-20H2,2-4H3,(H,30,35). The number of carbonyl (C=O) groups is 1. The van der Waals surface area contributed by atoms with Crippen molar-refractivity contribution >= 4 is 22.5 Å². The fourth-order valence-electron chi connectivity index (χ4n) is 6.63. The van der Waals surface area contributed by atoms with E-state index in [2.05, 4.69) is 53.7 Å². The zero-order valence-electron chi connectivity index (χ0n) is 22.0. The number of aryl methyl sites for hydroxylation is 1. The van der Waals surface area contributed by atoms with E-state index in [4.69, 9.17) is 5.10 Å². The number of allylic oxidation sites excluding steroid dienone is 1. The van der Waals surface area contributed by atoms with Crippen LogP contribution in [0.2, 0.25) is 0 Å². The average molecular weight is 478 g/mol. The van der Waals surface area contributed by atoms with Gasteiger partial charge in [-0.05, 0) is 51.5 Å². The highest BCUT2D eigenvalue weighted by Gasteiger charge is 2.33. The van der Waals surface area contributed by atoms with Crippen molar-refractivity contribution < 1.29 is 4.79 Å². The zero-order valence-corrected chi connectivity index (χ0v) is 22.0. The van der Waals surface area contributed by atoms with Gasteiger partial charge in [0.15, 0.2) is 0 Å². The maximum atomic E-state index is 12.7. The van der Waals surface area contributed by atoms with Crippen molar-refractivity contribution in [2.24, 2.45) is 13.0 Å². The highest BCUT2D eigenvalue weighted by Crippen LogP contribution is 2.37. The number of carbonyl (C=O) groups excluding carboxylic acids is 1. The Morgan fingerprint density at radius 2 is 1.83 bits per heavy atom. The van der Waals surface area contributed by atoms with E-state index in [9.17, 15) is 4.79 Å². The number of anilines is 1. The largest absolute Gasteiger partial charge is 0.367 e. The number of aromatic nitrogens is 2. The van der Waals surface area contributed by atoms with Crippen LogP contribution >= 0.6 is 0 Å². The van der Waals surface area contributed by atoms with Gasteiger partial charge in [0.25, 0.3) is 0 Å². The number of hydrogen-bond acceptors (Lipinski definition) is 4. The van der Waals surface area contributed by atoms with Gasteiger partial charge in [-0.2, -0.15) is 5.10 Å². The topological polar surface area (TPSA) is 53.4 Å². The molecule has 1 unspecified atom stereocenters. The van der Waals surface area contributed by atoms with Crippen LogP contribution in [0.3, 0.4) is 0 Å². The molecule has 1 atom stereocenters. The molecular weight excluding hydrogens is 434 g/mol. The van der Waals surface area contributed by atoms with Crippen LogP contribution in [0.1, 0.15) is 83.2 Å². The van der Waals surface area contributed by atoms with Gasteiger partial charge < -0.3 is 10.2 Å². The lowest BCUT2D eigenvalue weighted by atomic mass is 9.82. The third-order valence-corrected chi connectivity index (χ3v) is 8.92. The molecule has 0 bridgehead atoms. The Kier molecular flexibility index (Phi) is 6.93. The summed E-state index contributed by atoms with van der Waals surface area (Å²) >= 11 is 0. The number of hydrogen-bond donors (Lipinski definition) is 1. The Morgan fingerprint density at radius 1 is 1.09 bits per heavy atom. The normalized spacial score (nSPS) is 23.2. The van der Waals surface area contributed by atoms with Crippen molar-refractivity contribution in [3.63, 3.8) is 0 Å². The summed E-state index contributed by atoms with van der Waals surface area (Å²) in [6.07, 6.45) is 11.5. The molecule has 3 aliphatic rings. The van der Waals surface area contributed by atoms with E-state index in [-0.39, 0.29) is 17.4 Å². The quantitative estimate of drug-likeness (QED) is 0.610. The number of nitrogens with zero attached hydrogens (tertiary/aromatic N) is 4. The summed E-state index contributed by atoms with van der Waals surface area (Å²) in [6.45, 7) is 13.0. The molecule has 2 aromatic rings. The van der Waals surface area contributed by atoms with E-state index >= 15 is 0 Å². The number of para-hydroxylation sites is 1. The Morgan fingerprint density at radius 3 is 2.54 bits per heavy atom. The van der Waals surface area contributed by atoms with Crippen LogP contribution in [-0.2, 0) is 11.8 Å². The molecule has 3 fully saturated rings. The Bertz CT molecular complexity index is 1070. The van der Waals surface area contributed by atoms with E-state index < -0.39 is 0 Å². The van der Waals surface area contributed by atoms with E-state index in [0.717, 1.165) is 67.2 Å². The van der Waals surface area contributed by atoms with Crippen molar-refractivity contribution in [2.75, 3.05) is 31.1 Å². The van der Waals surface area contributed by atoms with Crippen LogP contribution in [0.15, 0.2) is 30.5 Å². The van der Waals surface area contributed by atoms with Crippen LogP contribution in [-0.4, -0.2) is 52.3 Å². The molecule has 2 saturated heterocycles. The van der Waals surface area contributed by atoms with Crippen LogP contribution in [0, 0.1) is 5.92 Å². The van der Waals surface area contributed by atoms with Crippen molar-refractivity contribution in [2.45, 2.75) is 83.1 Å². The first-order valence-corrected chi connectivity index (χ1v) is 13.8. The third-order valence-electron chi connectivity index (χ3n) is 8.92. The number of benzene rings is 1. The SMILES string of the molecule is C=C1CCC(c2nn(C)c3c(N4CCN(C(C)(C)CCC5CCCCC5)CC4)cccc23)C(=O)N1. The van der Waals surface area contributed by atoms with Gasteiger partial charge in [-0.15, -0.1) is 0 Å². The summed E-state index contributed by atoms with van der Waals surface area (Å²) < 4.78 is 1.98. The first kappa shape index (κ1) is 24.4. The van der Waals surface area contributed by atoms with Crippen molar-refractivity contribution in [3.05, 3.63) is 36.2 Å². The van der Waals surface area contributed by atoms with Crippen molar-refractivity contribution in [3.8, 4) is 0 Å². The predicted molar refractivity (Wildman–Crippen MR) is 144 cm³/mol. The summed E-state index contributed by atoms with van der Waals surface area (Å²) in [5.74, 6) is 0.766. The van der Waals surface area contributed by atoms with E-state index in [1.54, 1.807) is 0 Å². The highest BCUT2D eigenvalue weighted by molar-refractivity contribution is 5.97. The molecule has 1 amide bonds. The predicted octanol–water partition coefficient (Wildman–Crippen LogP) is 5.34. The molecule has 3 heterocycles. The second-order valence-corrected chi connectivity index (χ2v) is 11.7. The fraction of sp³-hybridized carbons (Fsp3) is 0.655. The van der Waals surface area contributed by atoms with Gasteiger partial charge in [0.05, 0.1) is 22.8 Å². The lowest BCUT2D eigenvalue weighted by Gasteiger charge is -2.45. The molecule has 6 nitrogen and oxygen atoms in total. The first-order chi connectivity index (χ1) is 16.8. The van der Waals surface area contributed by atoms with Gasteiger partial charge in [-0.1, -0.05) is 50.8 Å². The van der Waals surface area contributed by atoms with Crippen LogP contribution < -0.4 is 10.2 Å². The average Bonchev–Trinajstić information content (AvgIpc) is 3.20. The molecule has 2 aliphatic heterocycles. The van der Waals surface area contributed by atoms with E-state index in [1.807, 2.05) is 11.7 Å². The summed E-state index contributed by atoms with van der Waals surface area (Å²) in [5.41, 5.74) is 4.35. The summed E-state index contributed by atoms with van der Waals surface area (Å²) in [7, 11) is 2.01. The van der Waals surface area contributed by atoms with Gasteiger partial charge >= 0.3 is 0 Å². The summed E-state index contributed by atoms with van der Waals surface area (Å²) in [5, 5.41) is 8.89. The van der Waals surface area contributed by atoms with E-state index in [0.29, 0.717) is 0 Å². The molecule has 1 aromatic carbocycles. The monoisotopic (exact) mass is 477 g/mol. The van der Waals surface area contributed by atoms with Crippen molar-refractivity contribution in [1.82, 2.24) is 20.0 Å². The molecule has 1 N–H and O–H groups in total. The second-order valence-electron chi connectivity index (χ2n) is 11.7. The third kappa shape index (κ3) is 5.00. The van der Waals surface area contributed by atoms with Crippen LogP contribution in [0.5, 0.6) is 0 Å². The number of piperazine rings is 1. The molecule has 6 heteroatoms. The molecule has 0 radical (unpaired) electrons. The summed E-state index contributed by atoms with van der Waals surface area (Å²) in [6, 6.07) is 6.48. The lowest BCUT2D eigenvalue weighted by molar-refractivity contribution is -0.122. The molecule has 35 heavy (non-hydrogen) atoms. The molecule has 1 aromatic heterocycles. The number of fused-ring (bicyclic) bond motifs is 1. The minimum atomic E-state index is -0.207. The molecular formula is C29H43N5O. The second kappa shape index (κ2) is 9.96. The molecule has 190 valence electrons. The molecule has 1 aliphatic carbocycles. The van der Waals surface area contributed by atoms with Gasteiger partial charge in [-0.25, -0.2) is 0 Å². The smallest absolute Gasteiger partial charge is 0.233 e. The number of amides is 1. The van der Waals surface area contributed by atoms with Gasteiger partial charge in [0.1, 0.15) is 0 Å². The minimum absolute atomic E-state index is 0.0238. The maximum Gasteiger partial charge on any atom is 0.233 e. The van der Waals surface area contributed by atoms with Crippen molar-refractivity contribution in [1.29, 1.82) is 0 Å². The summed E-state index contributed by atoms with van der Waals surface area (Å²) in [4.78, 5) is 17.9. The maximum absolute atomic E-state index is 12.7. The van der Waals surface area contributed by atoms with Gasteiger partial charge in [0, 0.05) is 49.8 Å². The number of piperidine rings is 1. The lowest BCUT2D eigenvalue weighted by Crippen LogP contribution is -2.54. The van der Waals surface area contributed by atoms with Gasteiger partial charge in [-0.3, -0.25) is 14.4 Å². The minimum Gasteiger partial charge on any atom is -0.367 e. The Balaban J connectivity index is 1.28. The van der Waals surface area contributed by atoms with E-state index in [1.165, 1.54) is 50.6 Å². The fourth-order valence-corrected chi connectivity index (χ4v) is 6.63. The van der Waals surface area contributed by atoms with Crippen LogP contribution in [0.25, 0.3) is 10.9 Å². The van der Waals surface area contributed by atoms with Gasteiger partial charge in [0.2, 0.25) is 5.91 Å². The van der Waals surface area contributed by atoms with Crippen LogP contribution in [0.4, 0.5) is 5.69 Å². The zero-order chi connectivity index (χ0) is 24.6. The molecule has 1 saturated carbocycles.